The van der Waals surface area contributed by atoms with Crippen LogP contribution in [0.5, 0.6) is 0 Å². The van der Waals surface area contributed by atoms with Crippen LogP contribution in [0.1, 0.15) is 16.7 Å². The predicted octanol–water partition coefficient (Wildman–Crippen LogP) is 1.94. The summed E-state index contributed by atoms with van der Waals surface area (Å²) in [6.07, 6.45) is 0. The van der Waals surface area contributed by atoms with Crippen LogP contribution in [0.4, 0.5) is 4.39 Å². The average Bonchev–Trinajstić information content (AvgIpc) is 2.05. The van der Waals surface area contributed by atoms with Gasteiger partial charge in [-0.3, -0.25) is 0 Å². The third-order valence-corrected chi connectivity index (χ3v) is 1.45. The fourth-order valence-electron chi connectivity index (χ4n) is 0.759. The number of nitrogens with zero attached hydrogens (tertiary/aromatic N) is 1. The van der Waals surface area contributed by atoms with Crippen molar-refractivity contribution in [1.82, 2.24) is 0 Å². The topological polar surface area (TPSA) is 23.8 Å². The molecule has 0 unspecified atom stereocenters. The molecule has 0 aliphatic carbocycles. The molecule has 0 aliphatic rings. The largest absolute Gasteiger partial charge is 0.246 e. The summed E-state index contributed by atoms with van der Waals surface area (Å²) in [7, 11) is 0. The molecule has 0 fully saturated rings. The van der Waals surface area contributed by atoms with Gasteiger partial charge in [0.2, 0.25) is 0 Å². The standard InChI is InChI=1S/C9H6FN/c1-7-2-3-8(6-11)4-9(7)5-10/h4H,5H2,1H3. The first-order valence-corrected chi connectivity index (χ1v) is 3.17. The molecule has 2 heteroatoms. The summed E-state index contributed by atoms with van der Waals surface area (Å²) in [5.41, 5.74) is 1.56. The molecule has 1 rings (SSSR count). The quantitative estimate of drug-likeness (QED) is 0.595. The molecule has 0 spiro atoms. The molecule has 0 bridgehead atoms. The van der Waals surface area contributed by atoms with E-state index in [1.165, 1.54) is 6.07 Å². The molecule has 11 heavy (non-hydrogen) atoms. The Balaban J connectivity index is 3.15. The van der Waals surface area contributed by atoms with Crippen molar-refractivity contribution in [2.75, 3.05) is 0 Å². The molecular formula is C9H6FN. The lowest BCUT2D eigenvalue weighted by molar-refractivity contribution is 0.483. The van der Waals surface area contributed by atoms with E-state index < -0.39 is 6.67 Å². The Morgan fingerprint density at radius 1 is 1.64 bits per heavy atom. The molecule has 54 valence electrons. The lowest BCUT2D eigenvalue weighted by Gasteiger charge is -1.94. The van der Waals surface area contributed by atoms with Crippen LogP contribution in [-0.2, 0) is 6.67 Å². The molecule has 1 aromatic rings. The van der Waals surface area contributed by atoms with Crippen molar-refractivity contribution >= 4 is 0 Å². The Bertz CT molecular complexity index is 299. The maximum Gasteiger partial charge on any atom is 0.115 e. The molecule has 0 N–H and O–H groups in total. The van der Waals surface area contributed by atoms with Gasteiger partial charge in [0, 0.05) is 5.56 Å². The number of alkyl halides is 1. The van der Waals surface area contributed by atoms with Crippen LogP contribution in [0.2, 0.25) is 0 Å². The maximum atomic E-state index is 12.2. The van der Waals surface area contributed by atoms with Gasteiger partial charge in [0.15, 0.2) is 0 Å². The van der Waals surface area contributed by atoms with E-state index in [2.05, 4.69) is 12.1 Å². The van der Waals surface area contributed by atoms with Crippen LogP contribution < -0.4 is 0 Å². The smallest absolute Gasteiger partial charge is 0.115 e. The average molecular weight is 147 g/mol. The molecule has 1 nitrogen and oxygen atoms in total. The van der Waals surface area contributed by atoms with Crippen LogP contribution in [0.3, 0.4) is 0 Å². The van der Waals surface area contributed by atoms with Crippen molar-refractivity contribution in [1.29, 1.82) is 5.26 Å². The first-order valence-electron chi connectivity index (χ1n) is 3.17. The molecule has 0 saturated carbocycles. The Morgan fingerprint density at radius 2 is 2.36 bits per heavy atom. The Kier molecular flexibility index (Phi) is 2.09. The zero-order valence-electron chi connectivity index (χ0n) is 6.11. The van der Waals surface area contributed by atoms with Gasteiger partial charge in [-0.1, -0.05) is 12.1 Å². The number of halogens is 1. The Morgan fingerprint density at radius 3 is 2.91 bits per heavy atom. The summed E-state index contributed by atoms with van der Waals surface area (Å²) in [5.74, 6) is 0. The SMILES string of the molecule is Cc1c#cc(C#N)cc1CF. The highest BCUT2D eigenvalue weighted by Gasteiger charge is 1.97. The van der Waals surface area contributed by atoms with Gasteiger partial charge in [-0.25, -0.2) is 4.39 Å². The molecule has 0 heterocycles. The van der Waals surface area contributed by atoms with E-state index in [1.54, 1.807) is 6.92 Å². The molecule has 0 atom stereocenters. The molecule has 0 saturated heterocycles. The van der Waals surface area contributed by atoms with Crippen LogP contribution in [-0.4, -0.2) is 0 Å². The highest BCUT2D eigenvalue weighted by Crippen LogP contribution is 2.07. The number of nitriles is 1. The minimum absolute atomic E-state index is 0.336. The van der Waals surface area contributed by atoms with Crippen molar-refractivity contribution in [3.8, 4) is 6.07 Å². The predicted molar refractivity (Wildman–Crippen MR) is 38.4 cm³/mol. The van der Waals surface area contributed by atoms with Gasteiger partial charge >= 0.3 is 0 Å². The lowest BCUT2D eigenvalue weighted by atomic mass is 10.1. The van der Waals surface area contributed by atoms with Gasteiger partial charge in [-0.2, -0.15) is 5.26 Å². The monoisotopic (exact) mass is 147 g/mol. The van der Waals surface area contributed by atoms with Crippen LogP contribution >= 0.6 is 0 Å². The molecule has 0 aromatic heterocycles. The van der Waals surface area contributed by atoms with E-state index >= 15 is 0 Å². The highest BCUT2D eigenvalue weighted by molar-refractivity contribution is 5.32. The van der Waals surface area contributed by atoms with E-state index in [0.29, 0.717) is 16.7 Å². The Hall–Kier alpha value is -1.54. The van der Waals surface area contributed by atoms with Crippen molar-refractivity contribution in [3.63, 3.8) is 0 Å². The van der Waals surface area contributed by atoms with Crippen molar-refractivity contribution in [2.24, 2.45) is 0 Å². The third-order valence-electron chi connectivity index (χ3n) is 1.45. The minimum Gasteiger partial charge on any atom is -0.246 e. The summed E-state index contributed by atoms with van der Waals surface area (Å²) in [5, 5.41) is 8.42. The van der Waals surface area contributed by atoms with E-state index in [-0.39, 0.29) is 0 Å². The summed E-state index contributed by atoms with van der Waals surface area (Å²) >= 11 is 0. The van der Waals surface area contributed by atoms with E-state index in [9.17, 15) is 4.39 Å². The summed E-state index contributed by atoms with van der Waals surface area (Å²) < 4.78 is 12.2. The molecule has 0 radical (unpaired) electrons. The number of rotatable bonds is 1. The number of hydrogen-bond donors (Lipinski definition) is 0. The minimum atomic E-state index is -0.550. The number of hydrogen-bond acceptors (Lipinski definition) is 1. The molecular weight excluding hydrogens is 141 g/mol. The third kappa shape index (κ3) is 1.48. The van der Waals surface area contributed by atoms with E-state index in [1.807, 2.05) is 6.07 Å². The molecule has 0 aliphatic heterocycles. The van der Waals surface area contributed by atoms with Crippen molar-refractivity contribution < 1.29 is 4.39 Å². The van der Waals surface area contributed by atoms with Crippen LogP contribution in [0.15, 0.2) is 6.07 Å². The fourth-order valence-corrected chi connectivity index (χ4v) is 0.759. The van der Waals surface area contributed by atoms with Crippen molar-refractivity contribution in [3.05, 3.63) is 34.9 Å². The fraction of sp³-hybridized carbons (Fsp3) is 0.222. The normalized spacial score (nSPS) is 8.45. The first-order chi connectivity index (χ1) is 5.27. The van der Waals surface area contributed by atoms with Crippen LogP contribution in [0, 0.1) is 30.4 Å². The van der Waals surface area contributed by atoms with Gasteiger partial charge < -0.3 is 0 Å². The second-order valence-corrected chi connectivity index (χ2v) is 2.20. The van der Waals surface area contributed by atoms with E-state index in [4.69, 9.17) is 5.26 Å². The summed E-state index contributed by atoms with van der Waals surface area (Å²) in [4.78, 5) is 0. The second-order valence-electron chi connectivity index (χ2n) is 2.20. The summed E-state index contributed by atoms with van der Waals surface area (Å²) in [6.45, 7) is 1.19. The van der Waals surface area contributed by atoms with Gasteiger partial charge in [0.1, 0.15) is 18.3 Å². The molecule has 0 amide bonds. The zero-order valence-corrected chi connectivity index (χ0v) is 6.11. The summed E-state index contributed by atoms with van der Waals surface area (Å²) in [6, 6.07) is 8.66. The van der Waals surface area contributed by atoms with Gasteiger partial charge in [-0.05, 0) is 18.6 Å². The van der Waals surface area contributed by atoms with Gasteiger partial charge in [-0.15, -0.1) is 0 Å². The highest BCUT2D eigenvalue weighted by atomic mass is 19.1. The van der Waals surface area contributed by atoms with E-state index in [0.717, 1.165) is 0 Å². The second kappa shape index (κ2) is 3.03. The maximum absolute atomic E-state index is 12.2. The van der Waals surface area contributed by atoms with Crippen LogP contribution in [0.25, 0.3) is 0 Å². The van der Waals surface area contributed by atoms with Gasteiger partial charge in [0.25, 0.3) is 0 Å². The van der Waals surface area contributed by atoms with Crippen molar-refractivity contribution in [2.45, 2.75) is 13.6 Å². The Labute approximate surface area is 65.1 Å². The molecule has 1 aromatic carbocycles. The lowest BCUT2D eigenvalue weighted by Crippen LogP contribution is -1.84. The van der Waals surface area contributed by atoms with Gasteiger partial charge in [0.05, 0.1) is 0 Å². The zero-order chi connectivity index (χ0) is 8.27. The first kappa shape index (κ1) is 7.57.